The zero-order valence-electron chi connectivity index (χ0n) is 17.5. The maximum atomic E-state index is 12.2. The molecule has 2 aromatic carbocycles. The lowest BCUT2D eigenvalue weighted by Crippen LogP contribution is -2.29. The van der Waals surface area contributed by atoms with Crippen LogP contribution < -0.4 is 25.4 Å². The monoisotopic (exact) mass is 474 g/mol. The molecule has 0 atom stereocenters. The van der Waals surface area contributed by atoms with Gasteiger partial charge in [-0.3, -0.25) is 19.4 Å². The second kappa shape index (κ2) is 10.3. The number of ether oxygens (including phenoxy) is 2. The number of alkyl halides is 3. The molecule has 3 N–H and O–H groups in total. The van der Waals surface area contributed by atoms with Gasteiger partial charge in [-0.1, -0.05) is 6.07 Å². The van der Waals surface area contributed by atoms with Gasteiger partial charge in [0.25, 0.3) is 5.91 Å². The van der Waals surface area contributed by atoms with Gasteiger partial charge in [0.2, 0.25) is 0 Å². The number of nitrogens with one attached hydrogen (secondary N) is 3. The minimum absolute atomic E-state index is 0.0939. The van der Waals surface area contributed by atoms with E-state index in [0.29, 0.717) is 11.5 Å². The lowest BCUT2D eigenvalue weighted by atomic mass is 10.2. The number of carbonyl (C=O) groups excluding carboxylic acids is 3. The van der Waals surface area contributed by atoms with Gasteiger partial charge in [0.1, 0.15) is 22.9 Å². The van der Waals surface area contributed by atoms with Crippen LogP contribution in [0.2, 0.25) is 0 Å². The van der Waals surface area contributed by atoms with E-state index < -0.39 is 23.9 Å². The fourth-order valence-electron chi connectivity index (χ4n) is 2.62. The molecule has 3 amide bonds. The van der Waals surface area contributed by atoms with Crippen LogP contribution in [-0.2, 0) is 9.59 Å². The Morgan fingerprint density at radius 1 is 0.824 bits per heavy atom. The molecule has 1 heterocycles. The standard InChI is InChI=1S/C22H17F3N4O5/c1-26-19(30)18-12-17(9-10-27-18)33-16-4-2-3-14(11-16)29-21(32)20(31)28-13-5-7-15(8-6-13)34-22(23,24)25/h2-12H,1H3,(H,26,30)(H,28,31)(H,29,32). The van der Waals surface area contributed by atoms with Crippen LogP contribution >= 0.6 is 0 Å². The Hall–Kier alpha value is -4.61. The first kappa shape index (κ1) is 24.0. The molecule has 0 unspecified atom stereocenters. The molecule has 0 aliphatic heterocycles. The summed E-state index contributed by atoms with van der Waals surface area (Å²) in [6.45, 7) is 0. The van der Waals surface area contributed by atoms with Gasteiger partial charge in [0.05, 0.1) is 0 Å². The molecular formula is C22H17F3N4O5. The molecule has 34 heavy (non-hydrogen) atoms. The number of anilines is 2. The Kier molecular flexibility index (Phi) is 7.31. The first-order valence-corrected chi connectivity index (χ1v) is 9.57. The molecule has 0 bridgehead atoms. The second-order valence-electron chi connectivity index (χ2n) is 6.57. The fraction of sp³-hybridized carbons (Fsp3) is 0.0909. The number of aromatic nitrogens is 1. The van der Waals surface area contributed by atoms with E-state index in [9.17, 15) is 27.6 Å². The molecule has 0 spiro atoms. The fourth-order valence-corrected chi connectivity index (χ4v) is 2.62. The van der Waals surface area contributed by atoms with Gasteiger partial charge < -0.3 is 25.4 Å². The van der Waals surface area contributed by atoms with Crippen molar-refractivity contribution in [1.29, 1.82) is 0 Å². The third-order valence-electron chi connectivity index (χ3n) is 4.07. The summed E-state index contributed by atoms with van der Waals surface area (Å²) in [6.07, 6.45) is -3.44. The van der Waals surface area contributed by atoms with Crippen LogP contribution in [0.5, 0.6) is 17.2 Å². The minimum atomic E-state index is -4.84. The van der Waals surface area contributed by atoms with E-state index in [-0.39, 0.29) is 23.0 Å². The van der Waals surface area contributed by atoms with Crippen LogP contribution in [0.1, 0.15) is 10.5 Å². The van der Waals surface area contributed by atoms with Crippen molar-refractivity contribution in [2.75, 3.05) is 17.7 Å². The summed E-state index contributed by atoms with van der Waals surface area (Å²) in [6, 6.07) is 13.4. The topological polar surface area (TPSA) is 119 Å². The molecule has 1 aromatic heterocycles. The maximum absolute atomic E-state index is 12.2. The van der Waals surface area contributed by atoms with Crippen molar-refractivity contribution >= 4 is 29.1 Å². The molecule has 3 aromatic rings. The first-order valence-electron chi connectivity index (χ1n) is 9.57. The number of pyridine rings is 1. The highest BCUT2D eigenvalue weighted by Gasteiger charge is 2.31. The summed E-state index contributed by atoms with van der Waals surface area (Å²) in [7, 11) is 1.47. The summed E-state index contributed by atoms with van der Waals surface area (Å²) in [5.41, 5.74) is 0.489. The Balaban J connectivity index is 1.60. The van der Waals surface area contributed by atoms with Crippen molar-refractivity contribution in [1.82, 2.24) is 10.3 Å². The molecular weight excluding hydrogens is 457 g/mol. The van der Waals surface area contributed by atoms with E-state index >= 15 is 0 Å². The number of rotatable bonds is 6. The van der Waals surface area contributed by atoms with Crippen molar-refractivity contribution < 1.29 is 37.0 Å². The van der Waals surface area contributed by atoms with Crippen LogP contribution in [0, 0.1) is 0 Å². The molecule has 3 rings (SSSR count). The lowest BCUT2D eigenvalue weighted by Gasteiger charge is -2.11. The van der Waals surface area contributed by atoms with Crippen molar-refractivity contribution in [3.8, 4) is 17.2 Å². The van der Waals surface area contributed by atoms with E-state index in [1.165, 1.54) is 37.5 Å². The number of amides is 3. The quantitative estimate of drug-likeness (QED) is 0.469. The normalized spacial score (nSPS) is 10.7. The third-order valence-corrected chi connectivity index (χ3v) is 4.07. The van der Waals surface area contributed by atoms with Crippen molar-refractivity contribution in [3.63, 3.8) is 0 Å². The van der Waals surface area contributed by atoms with Crippen LogP contribution in [0.3, 0.4) is 0 Å². The third kappa shape index (κ3) is 6.95. The molecule has 0 saturated heterocycles. The highest BCUT2D eigenvalue weighted by molar-refractivity contribution is 6.43. The highest BCUT2D eigenvalue weighted by atomic mass is 19.4. The molecule has 0 radical (unpaired) electrons. The molecule has 12 heteroatoms. The Labute approximate surface area is 190 Å². The molecule has 0 aliphatic rings. The average Bonchev–Trinajstić information content (AvgIpc) is 2.79. The van der Waals surface area contributed by atoms with Gasteiger partial charge in [-0.05, 0) is 42.5 Å². The summed E-state index contributed by atoms with van der Waals surface area (Å²) in [5.74, 6) is -2.28. The SMILES string of the molecule is CNC(=O)c1cc(Oc2cccc(NC(=O)C(=O)Nc3ccc(OC(F)(F)F)cc3)c2)ccn1. The van der Waals surface area contributed by atoms with Gasteiger partial charge in [-0.2, -0.15) is 0 Å². The van der Waals surface area contributed by atoms with Gasteiger partial charge >= 0.3 is 18.2 Å². The predicted octanol–water partition coefficient (Wildman–Crippen LogP) is 3.71. The van der Waals surface area contributed by atoms with Gasteiger partial charge in [-0.25, -0.2) is 0 Å². The van der Waals surface area contributed by atoms with Gasteiger partial charge in [0.15, 0.2) is 0 Å². The molecule has 9 nitrogen and oxygen atoms in total. The second-order valence-corrected chi connectivity index (χ2v) is 6.57. The zero-order chi connectivity index (χ0) is 24.7. The minimum Gasteiger partial charge on any atom is -0.457 e. The lowest BCUT2D eigenvalue weighted by molar-refractivity contribution is -0.274. The first-order chi connectivity index (χ1) is 16.1. The summed E-state index contributed by atoms with van der Waals surface area (Å²) in [5, 5.41) is 7.10. The molecule has 0 saturated carbocycles. The van der Waals surface area contributed by atoms with E-state index in [2.05, 4.69) is 25.7 Å². The van der Waals surface area contributed by atoms with Crippen molar-refractivity contribution in [3.05, 3.63) is 72.6 Å². The Bertz CT molecular complexity index is 1200. The Morgan fingerprint density at radius 3 is 2.12 bits per heavy atom. The van der Waals surface area contributed by atoms with Gasteiger partial charge in [-0.15, -0.1) is 13.2 Å². The van der Waals surface area contributed by atoms with E-state index in [4.69, 9.17) is 4.74 Å². The Morgan fingerprint density at radius 2 is 1.47 bits per heavy atom. The molecule has 0 fully saturated rings. The number of carbonyl (C=O) groups is 3. The van der Waals surface area contributed by atoms with Crippen molar-refractivity contribution in [2.24, 2.45) is 0 Å². The zero-order valence-corrected chi connectivity index (χ0v) is 17.5. The number of hydrogen-bond donors (Lipinski definition) is 3. The number of hydrogen-bond acceptors (Lipinski definition) is 6. The van der Waals surface area contributed by atoms with Crippen LogP contribution in [0.25, 0.3) is 0 Å². The van der Waals surface area contributed by atoms with Gasteiger partial charge in [0, 0.05) is 36.8 Å². The highest BCUT2D eigenvalue weighted by Crippen LogP contribution is 2.25. The molecule has 0 aliphatic carbocycles. The van der Waals surface area contributed by atoms with E-state index in [0.717, 1.165) is 24.3 Å². The number of halogens is 3. The van der Waals surface area contributed by atoms with E-state index in [1.807, 2.05) is 0 Å². The van der Waals surface area contributed by atoms with Crippen LogP contribution in [-0.4, -0.2) is 36.1 Å². The average molecular weight is 474 g/mol. The smallest absolute Gasteiger partial charge is 0.457 e. The number of benzene rings is 2. The largest absolute Gasteiger partial charge is 0.573 e. The summed E-state index contributed by atoms with van der Waals surface area (Å²) in [4.78, 5) is 40.0. The summed E-state index contributed by atoms with van der Waals surface area (Å²) >= 11 is 0. The molecule has 176 valence electrons. The van der Waals surface area contributed by atoms with E-state index in [1.54, 1.807) is 12.1 Å². The maximum Gasteiger partial charge on any atom is 0.573 e. The number of nitrogens with zero attached hydrogens (tertiary/aromatic N) is 1. The van der Waals surface area contributed by atoms with Crippen molar-refractivity contribution in [2.45, 2.75) is 6.36 Å². The van der Waals surface area contributed by atoms with Crippen LogP contribution in [0.15, 0.2) is 66.9 Å². The van der Waals surface area contributed by atoms with Crippen LogP contribution in [0.4, 0.5) is 24.5 Å². The predicted molar refractivity (Wildman–Crippen MR) is 115 cm³/mol. The summed E-state index contributed by atoms with van der Waals surface area (Å²) < 4.78 is 46.0.